The van der Waals surface area contributed by atoms with Crippen LogP contribution in [-0.4, -0.2) is 20.9 Å². The minimum Gasteiger partial charge on any atom is -0.476 e. The van der Waals surface area contributed by atoms with Crippen LogP contribution in [-0.2, 0) is 12.7 Å². The molecule has 0 bridgehead atoms. The first kappa shape index (κ1) is 14.0. The van der Waals surface area contributed by atoms with E-state index in [4.69, 9.17) is 5.11 Å². The molecule has 0 saturated carbocycles. The van der Waals surface area contributed by atoms with E-state index in [1.807, 2.05) is 0 Å². The number of alkyl halides is 3. The summed E-state index contributed by atoms with van der Waals surface area (Å²) in [6.45, 7) is -0.505. The number of aromatic nitrogens is 2. The summed E-state index contributed by atoms with van der Waals surface area (Å²) < 4.78 is 52.2. The van der Waals surface area contributed by atoms with Gasteiger partial charge in [0.2, 0.25) is 0 Å². The lowest BCUT2D eigenvalue weighted by Gasteiger charge is -2.10. The van der Waals surface area contributed by atoms with Gasteiger partial charge in [0.1, 0.15) is 11.5 Å². The van der Waals surface area contributed by atoms with Crippen molar-refractivity contribution in [3.8, 4) is 0 Å². The van der Waals surface area contributed by atoms with E-state index in [0.29, 0.717) is 10.7 Å². The second-order valence-electron chi connectivity index (χ2n) is 3.97. The van der Waals surface area contributed by atoms with Gasteiger partial charge in [0.15, 0.2) is 5.69 Å². The molecule has 1 N–H and O–H groups in total. The molecule has 1 aromatic heterocycles. The van der Waals surface area contributed by atoms with Gasteiger partial charge in [-0.2, -0.15) is 18.3 Å². The van der Waals surface area contributed by atoms with Crippen LogP contribution in [0.3, 0.4) is 0 Å². The molecule has 0 aliphatic carbocycles. The fourth-order valence-corrected chi connectivity index (χ4v) is 1.66. The van der Waals surface area contributed by atoms with Crippen molar-refractivity contribution in [1.82, 2.24) is 9.78 Å². The molecule has 0 amide bonds. The zero-order valence-electron chi connectivity index (χ0n) is 9.86. The quantitative estimate of drug-likeness (QED) is 0.884. The first-order chi connectivity index (χ1) is 9.29. The number of hydrogen-bond donors (Lipinski definition) is 1. The molecule has 1 heterocycles. The van der Waals surface area contributed by atoms with Gasteiger partial charge in [0, 0.05) is 11.6 Å². The van der Waals surface area contributed by atoms with Crippen molar-refractivity contribution < 1.29 is 27.5 Å². The van der Waals surface area contributed by atoms with Crippen LogP contribution in [0.5, 0.6) is 0 Å². The summed E-state index contributed by atoms with van der Waals surface area (Å²) in [6, 6.07) is 5.69. The number of nitrogens with zero attached hydrogens (tertiary/aromatic N) is 2. The molecule has 0 atom stereocenters. The van der Waals surface area contributed by atoms with Crippen molar-refractivity contribution in [2.24, 2.45) is 0 Å². The van der Waals surface area contributed by atoms with E-state index < -0.39 is 35.9 Å². The topological polar surface area (TPSA) is 55.1 Å². The van der Waals surface area contributed by atoms with E-state index in [2.05, 4.69) is 5.10 Å². The Hall–Kier alpha value is -2.38. The first-order valence-corrected chi connectivity index (χ1v) is 5.41. The lowest BCUT2D eigenvalue weighted by atomic mass is 10.2. The van der Waals surface area contributed by atoms with Crippen LogP contribution in [0.4, 0.5) is 17.6 Å². The van der Waals surface area contributed by atoms with Gasteiger partial charge in [0.25, 0.3) is 0 Å². The number of carbonyl (C=O) groups is 1. The largest absolute Gasteiger partial charge is 0.476 e. The number of carboxylic acids is 1. The second-order valence-corrected chi connectivity index (χ2v) is 3.97. The van der Waals surface area contributed by atoms with Crippen LogP contribution in [0.1, 0.15) is 21.7 Å². The summed E-state index contributed by atoms with van der Waals surface area (Å²) >= 11 is 0. The minimum atomic E-state index is -4.77. The highest BCUT2D eigenvalue weighted by atomic mass is 19.4. The fourth-order valence-electron chi connectivity index (χ4n) is 1.66. The lowest BCUT2D eigenvalue weighted by Crippen LogP contribution is -2.16. The number of halogens is 4. The summed E-state index contributed by atoms with van der Waals surface area (Å²) in [7, 11) is 0. The van der Waals surface area contributed by atoms with E-state index in [-0.39, 0.29) is 5.56 Å². The van der Waals surface area contributed by atoms with E-state index in [0.717, 1.165) is 6.07 Å². The minimum absolute atomic E-state index is 0.0157. The Morgan fingerprint density at radius 1 is 1.30 bits per heavy atom. The Bertz CT molecular complexity index is 649. The van der Waals surface area contributed by atoms with Gasteiger partial charge in [-0.1, -0.05) is 18.2 Å². The van der Waals surface area contributed by atoms with Gasteiger partial charge in [-0.25, -0.2) is 9.18 Å². The summed E-state index contributed by atoms with van der Waals surface area (Å²) in [4.78, 5) is 10.7. The van der Waals surface area contributed by atoms with Gasteiger partial charge in [-0.05, 0) is 6.07 Å². The highest BCUT2D eigenvalue weighted by Gasteiger charge is 2.36. The number of carboxylic acid groups (broad SMARTS) is 1. The Kier molecular flexibility index (Phi) is 3.47. The number of aromatic carboxylic acids is 1. The van der Waals surface area contributed by atoms with Gasteiger partial charge in [-0.15, -0.1) is 0 Å². The molecule has 2 aromatic rings. The van der Waals surface area contributed by atoms with Crippen LogP contribution >= 0.6 is 0 Å². The summed E-state index contributed by atoms with van der Waals surface area (Å²) in [5.41, 5.74) is -2.00. The van der Waals surface area contributed by atoms with Crippen LogP contribution in [0.2, 0.25) is 0 Å². The summed E-state index contributed by atoms with van der Waals surface area (Å²) in [5.74, 6) is -2.27. The summed E-state index contributed by atoms with van der Waals surface area (Å²) in [6.07, 6.45) is -4.77. The van der Waals surface area contributed by atoms with Gasteiger partial charge >= 0.3 is 12.1 Å². The molecule has 0 unspecified atom stereocenters. The Balaban J connectivity index is 2.45. The van der Waals surface area contributed by atoms with Crippen LogP contribution in [0.15, 0.2) is 30.3 Å². The monoisotopic (exact) mass is 288 g/mol. The van der Waals surface area contributed by atoms with Crippen LogP contribution in [0.25, 0.3) is 0 Å². The maximum absolute atomic E-state index is 13.4. The number of benzene rings is 1. The van der Waals surface area contributed by atoms with E-state index in [9.17, 15) is 22.4 Å². The molecule has 1 aromatic carbocycles. The third-order valence-corrected chi connectivity index (χ3v) is 2.57. The third-order valence-electron chi connectivity index (χ3n) is 2.57. The molecular formula is C12H8F4N2O2. The number of rotatable bonds is 3. The number of hydrogen-bond acceptors (Lipinski definition) is 2. The first-order valence-electron chi connectivity index (χ1n) is 5.41. The van der Waals surface area contributed by atoms with Gasteiger partial charge < -0.3 is 5.11 Å². The molecule has 106 valence electrons. The van der Waals surface area contributed by atoms with Gasteiger partial charge in [-0.3, -0.25) is 4.68 Å². The highest BCUT2D eigenvalue weighted by molar-refractivity contribution is 5.85. The predicted octanol–water partition coefficient (Wildman–Crippen LogP) is 2.79. The van der Waals surface area contributed by atoms with Crippen molar-refractivity contribution in [2.45, 2.75) is 12.7 Å². The second kappa shape index (κ2) is 4.95. The zero-order chi connectivity index (χ0) is 14.9. The van der Waals surface area contributed by atoms with Gasteiger partial charge in [0.05, 0.1) is 6.54 Å². The van der Waals surface area contributed by atoms with E-state index in [1.165, 1.54) is 18.2 Å². The van der Waals surface area contributed by atoms with Crippen LogP contribution < -0.4 is 0 Å². The van der Waals surface area contributed by atoms with Crippen LogP contribution in [0, 0.1) is 5.82 Å². The highest BCUT2D eigenvalue weighted by Crippen LogP contribution is 2.30. The molecule has 0 fully saturated rings. The van der Waals surface area contributed by atoms with E-state index in [1.54, 1.807) is 0 Å². The molecule has 0 spiro atoms. The van der Waals surface area contributed by atoms with Crippen molar-refractivity contribution in [3.63, 3.8) is 0 Å². The maximum atomic E-state index is 13.4. The SMILES string of the molecule is O=C(O)c1cc(C(F)(F)F)n(Cc2ccccc2F)n1. The van der Waals surface area contributed by atoms with Crippen molar-refractivity contribution in [3.05, 3.63) is 53.1 Å². The molecule has 4 nitrogen and oxygen atoms in total. The lowest BCUT2D eigenvalue weighted by molar-refractivity contribution is -0.144. The smallest absolute Gasteiger partial charge is 0.433 e. The van der Waals surface area contributed by atoms with Crippen molar-refractivity contribution >= 4 is 5.97 Å². The normalized spacial score (nSPS) is 11.6. The third kappa shape index (κ3) is 2.79. The Morgan fingerprint density at radius 3 is 2.50 bits per heavy atom. The predicted molar refractivity (Wildman–Crippen MR) is 59.7 cm³/mol. The van der Waals surface area contributed by atoms with Crippen molar-refractivity contribution in [1.29, 1.82) is 0 Å². The Labute approximate surface area is 110 Å². The Morgan fingerprint density at radius 2 is 1.95 bits per heavy atom. The molecule has 0 saturated heterocycles. The summed E-state index contributed by atoms with van der Waals surface area (Å²) in [5, 5.41) is 12.0. The van der Waals surface area contributed by atoms with E-state index >= 15 is 0 Å². The average Bonchev–Trinajstić information content (AvgIpc) is 2.76. The standard InChI is InChI=1S/C12H8F4N2O2/c13-8-4-2-1-3-7(8)6-18-10(12(14,15)16)5-9(17-18)11(19)20/h1-5H,6H2,(H,19,20). The fraction of sp³-hybridized carbons (Fsp3) is 0.167. The molecule has 0 aliphatic heterocycles. The average molecular weight is 288 g/mol. The molecule has 0 radical (unpaired) electrons. The zero-order valence-corrected chi connectivity index (χ0v) is 9.86. The van der Waals surface area contributed by atoms with Crippen molar-refractivity contribution in [2.75, 3.05) is 0 Å². The molecule has 20 heavy (non-hydrogen) atoms. The molecule has 0 aliphatic rings. The molecule has 8 heteroatoms. The molecular weight excluding hydrogens is 280 g/mol. The maximum Gasteiger partial charge on any atom is 0.433 e. The molecule has 2 rings (SSSR count).